The fourth-order valence-electron chi connectivity index (χ4n) is 2.69. The van der Waals surface area contributed by atoms with Crippen LogP contribution in [0.3, 0.4) is 0 Å². The molecule has 1 heterocycles. The Hall–Kier alpha value is -2.13. The van der Waals surface area contributed by atoms with Gasteiger partial charge >= 0.3 is 0 Å². The Labute approximate surface area is 139 Å². The van der Waals surface area contributed by atoms with Crippen LogP contribution in [0, 0.1) is 13.8 Å². The van der Waals surface area contributed by atoms with Crippen molar-refractivity contribution in [3.05, 3.63) is 65.6 Å². The van der Waals surface area contributed by atoms with Crippen molar-refractivity contribution in [3.8, 4) is 11.1 Å². The molecule has 3 nitrogen and oxygen atoms in total. The minimum Gasteiger partial charge on any atom is -0.412 e. The molecule has 0 spiro atoms. The quantitative estimate of drug-likeness (QED) is 0.769. The zero-order chi connectivity index (χ0) is 15.9. The summed E-state index contributed by atoms with van der Waals surface area (Å²) in [5.74, 6) is 1.23. The standard InChI is InChI=1S/C18H19NO.C2H6.H2O/c1-13-9-11-15(12-10-13)17-14(2)20-19-18(17)16-7-5-3-4-6-8-16;1-2;/h3-5,7,9-12,16H,6,8H2,1-2H3;1-2H3;1H2. The number of allylic oxidation sites excluding steroid dienone is 4. The van der Waals surface area contributed by atoms with Crippen molar-refractivity contribution in [1.82, 2.24) is 5.16 Å². The summed E-state index contributed by atoms with van der Waals surface area (Å²) in [6.07, 6.45) is 10.8. The van der Waals surface area contributed by atoms with E-state index in [-0.39, 0.29) is 5.48 Å². The second-order valence-electron chi connectivity index (χ2n) is 5.36. The lowest BCUT2D eigenvalue weighted by molar-refractivity contribution is 0.387. The van der Waals surface area contributed by atoms with E-state index in [1.807, 2.05) is 20.8 Å². The molecular formula is C20H27NO2. The molecule has 3 heteroatoms. The molecule has 1 atom stereocenters. The first kappa shape index (κ1) is 18.9. The normalized spacial score (nSPS) is 16.1. The van der Waals surface area contributed by atoms with Gasteiger partial charge in [-0.2, -0.15) is 0 Å². The van der Waals surface area contributed by atoms with Gasteiger partial charge in [0.05, 0.1) is 5.69 Å². The van der Waals surface area contributed by atoms with Crippen molar-refractivity contribution < 1.29 is 10.00 Å². The van der Waals surface area contributed by atoms with Gasteiger partial charge < -0.3 is 10.00 Å². The summed E-state index contributed by atoms with van der Waals surface area (Å²) in [4.78, 5) is 0. The molecule has 1 unspecified atom stereocenters. The second kappa shape index (κ2) is 9.11. The lowest BCUT2D eigenvalue weighted by atomic mass is 9.92. The van der Waals surface area contributed by atoms with Gasteiger partial charge in [-0.1, -0.05) is 73.1 Å². The molecule has 124 valence electrons. The summed E-state index contributed by atoms with van der Waals surface area (Å²) in [7, 11) is 0. The van der Waals surface area contributed by atoms with Crippen LogP contribution in [-0.4, -0.2) is 10.6 Å². The van der Waals surface area contributed by atoms with Crippen molar-refractivity contribution in [1.29, 1.82) is 0 Å². The molecule has 1 aliphatic carbocycles. The van der Waals surface area contributed by atoms with E-state index in [4.69, 9.17) is 4.52 Å². The van der Waals surface area contributed by atoms with Crippen LogP contribution in [0.1, 0.15) is 49.6 Å². The van der Waals surface area contributed by atoms with Gasteiger partial charge in [-0.25, -0.2) is 0 Å². The molecule has 0 amide bonds. The number of hydrogen-bond donors (Lipinski definition) is 0. The van der Waals surface area contributed by atoms with Crippen molar-refractivity contribution in [3.63, 3.8) is 0 Å². The summed E-state index contributed by atoms with van der Waals surface area (Å²) in [6, 6.07) is 8.57. The highest BCUT2D eigenvalue weighted by Gasteiger charge is 2.21. The van der Waals surface area contributed by atoms with Crippen LogP contribution in [0.15, 0.2) is 53.1 Å². The first-order chi connectivity index (χ1) is 10.8. The Morgan fingerprint density at radius 3 is 2.43 bits per heavy atom. The fourth-order valence-corrected chi connectivity index (χ4v) is 2.69. The summed E-state index contributed by atoms with van der Waals surface area (Å²) in [5, 5.41) is 4.33. The molecule has 0 bridgehead atoms. The number of rotatable bonds is 2. The summed E-state index contributed by atoms with van der Waals surface area (Å²) in [6.45, 7) is 8.09. The van der Waals surface area contributed by atoms with Gasteiger partial charge in [0.1, 0.15) is 5.76 Å². The minimum absolute atomic E-state index is 0. The lowest BCUT2D eigenvalue weighted by Gasteiger charge is -2.10. The molecule has 1 aromatic heterocycles. The second-order valence-corrected chi connectivity index (χ2v) is 5.36. The Morgan fingerprint density at radius 1 is 1.04 bits per heavy atom. The topological polar surface area (TPSA) is 57.5 Å². The van der Waals surface area contributed by atoms with Gasteiger partial charge in [0.15, 0.2) is 0 Å². The average molecular weight is 313 g/mol. The van der Waals surface area contributed by atoms with Crippen molar-refractivity contribution in [2.75, 3.05) is 0 Å². The molecule has 23 heavy (non-hydrogen) atoms. The van der Waals surface area contributed by atoms with Gasteiger partial charge in [0.25, 0.3) is 0 Å². The summed E-state index contributed by atoms with van der Waals surface area (Å²) >= 11 is 0. The van der Waals surface area contributed by atoms with E-state index >= 15 is 0 Å². The molecule has 2 aromatic rings. The molecule has 0 radical (unpaired) electrons. The Bertz CT molecular complexity index is 651. The van der Waals surface area contributed by atoms with E-state index in [1.54, 1.807) is 0 Å². The van der Waals surface area contributed by atoms with E-state index in [0.717, 1.165) is 29.9 Å². The molecular weight excluding hydrogens is 286 g/mol. The number of aryl methyl sites for hydroxylation is 2. The lowest BCUT2D eigenvalue weighted by Crippen LogP contribution is -1.97. The highest BCUT2D eigenvalue weighted by Crippen LogP contribution is 2.35. The SMILES string of the molecule is CC.Cc1ccc(-c2c(C3C=CC=CCC3)noc2C)cc1.O. The van der Waals surface area contributed by atoms with Crippen LogP contribution < -0.4 is 0 Å². The smallest absolute Gasteiger partial charge is 0.141 e. The summed E-state index contributed by atoms with van der Waals surface area (Å²) in [5.41, 5.74) is 4.67. The predicted octanol–water partition coefficient (Wildman–Crippen LogP) is 5.15. The monoisotopic (exact) mass is 313 g/mol. The first-order valence-electron chi connectivity index (χ1n) is 8.12. The molecule has 0 fully saturated rings. The zero-order valence-corrected chi connectivity index (χ0v) is 14.5. The van der Waals surface area contributed by atoms with Crippen LogP contribution in [0.4, 0.5) is 0 Å². The fraction of sp³-hybridized carbons (Fsp3) is 0.350. The van der Waals surface area contributed by atoms with Crippen LogP contribution in [0.5, 0.6) is 0 Å². The number of nitrogens with zero attached hydrogens (tertiary/aromatic N) is 1. The molecule has 0 saturated heterocycles. The van der Waals surface area contributed by atoms with Crippen LogP contribution >= 0.6 is 0 Å². The van der Waals surface area contributed by atoms with E-state index in [9.17, 15) is 0 Å². The van der Waals surface area contributed by atoms with Crippen LogP contribution in [-0.2, 0) is 0 Å². The maximum absolute atomic E-state index is 5.47. The van der Waals surface area contributed by atoms with Gasteiger partial charge in [0.2, 0.25) is 0 Å². The van der Waals surface area contributed by atoms with E-state index in [2.05, 4.69) is 60.6 Å². The molecule has 0 aliphatic heterocycles. The van der Waals surface area contributed by atoms with Gasteiger partial charge in [-0.15, -0.1) is 0 Å². The molecule has 1 aliphatic rings. The minimum atomic E-state index is 0. The van der Waals surface area contributed by atoms with Gasteiger partial charge in [-0.3, -0.25) is 0 Å². The van der Waals surface area contributed by atoms with Gasteiger partial charge in [-0.05, 0) is 32.3 Å². The maximum atomic E-state index is 5.47. The molecule has 0 saturated carbocycles. The van der Waals surface area contributed by atoms with E-state index in [0.29, 0.717) is 5.92 Å². The van der Waals surface area contributed by atoms with Crippen molar-refractivity contribution in [2.24, 2.45) is 0 Å². The first-order valence-corrected chi connectivity index (χ1v) is 8.12. The van der Waals surface area contributed by atoms with Gasteiger partial charge in [0, 0.05) is 11.5 Å². The number of aromatic nitrogens is 1. The Kier molecular flexibility index (Phi) is 7.49. The third-order valence-corrected chi connectivity index (χ3v) is 3.82. The third-order valence-electron chi connectivity index (χ3n) is 3.82. The van der Waals surface area contributed by atoms with Crippen LogP contribution in [0.25, 0.3) is 11.1 Å². The van der Waals surface area contributed by atoms with E-state index in [1.165, 1.54) is 11.1 Å². The van der Waals surface area contributed by atoms with Crippen molar-refractivity contribution in [2.45, 2.75) is 46.5 Å². The van der Waals surface area contributed by atoms with Crippen LogP contribution in [0.2, 0.25) is 0 Å². The molecule has 1 aromatic carbocycles. The van der Waals surface area contributed by atoms with Crippen molar-refractivity contribution >= 4 is 0 Å². The largest absolute Gasteiger partial charge is 0.412 e. The maximum Gasteiger partial charge on any atom is 0.141 e. The predicted molar refractivity (Wildman–Crippen MR) is 96.6 cm³/mol. The Balaban J connectivity index is 0.000000849. The average Bonchev–Trinajstić information content (AvgIpc) is 2.77. The number of benzene rings is 1. The highest BCUT2D eigenvalue weighted by atomic mass is 16.5. The molecule has 2 N–H and O–H groups in total. The number of hydrogen-bond acceptors (Lipinski definition) is 2. The molecule has 3 rings (SSSR count). The highest BCUT2D eigenvalue weighted by molar-refractivity contribution is 5.69. The van der Waals surface area contributed by atoms with E-state index < -0.39 is 0 Å². The zero-order valence-electron chi connectivity index (χ0n) is 14.5. The Morgan fingerprint density at radius 2 is 1.74 bits per heavy atom. The third kappa shape index (κ3) is 4.42. The summed E-state index contributed by atoms with van der Waals surface area (Å²) < 4.78 is 5.47.